The lowest BCUT2D eigenvalue weighted by Gasteiger charge is -2.40. The van der Waals surface area contributed by atoms with Crippen LogP contribution < -0.4 is 5.32 Å². The van der Waals surface area contributed by atoms with Crippen LogP contribution in [0.4, 0.5) is 0 Å². The summed E-state index contributed by atoms with van der Waals surface area (Å²) in [5, 5.41) is 3.54. The second-order valence-corrected chi connectivity index (χ2v) is 7.22. The van der Waals surface area contributed by atoms with Crippen molar-refractivity contribution in [2.24, 2.45) is 11.3 Å². The van der Waals surface area contributed by atoms with Crippen LogP contribution in [0, 0.1) is 11.3 Å². The number of hydrogen-bond donors (Lipinski definition) is 1. The lowest BCUT2D eigenvalue weighted by atomic mass is 9.88. The van der Waals surface area contributed by atoms with Crippen molar-refractivity contribution in [1.82, 2.24) is 10.2 Å². The number of hydrogen-bond acceptors (Lipinski definition) is 3. The van der Waals surface area contributed by atoms with Crippen LogP contribution in [0.1, 0.15) is 26.7 Å². The van der Waals surface area contributed by atoms with E-state index in [0.717, 1.165) is 19.0 Å². The summed E-state index contributed by atoms with van der Waals surface area (Å²) in [6.07, 6.45) is 10.7. The van der Waals surface area contributed by atoms with E-state index in [9.17, 15) is 0 Å². The molecular formula is C17H26N2O. The van der Waals surface area contributed by atoms with Gasteiger partial charge in [-0.05, 0) is 44.7 Å². The lowest BCUT2D eigenvalue weighted by molar-refractivity contribution is -0.0751. The van der Waals surface area contributed by atoms with Crippen LogP contribution in [-0.2, 0) is 4.74 Å². The molecule has 5 atom stereocenters. The zero-order valence-electron chi connectivity index (χ0n) is 12.6. The van der Waals surface area contributed by atoms with Crippen molar-refractivity contribution in [2.45, 2.75) is 44.9 Å². The summed E-state index contributed by atoms with van der Waals surface area (Å²) >= 11 is 0. The first-order chi connectivity index (χ1) is 9.67. The van der Waals surface area contributed by atoms with Gasteiger partial charge in [0, 0.05) is 31.1 Å². The van der Waals surface area contributed by atoms with Gasteiger partial charge >= 0.3 is 0 Å². The highest BCUT2D eigenvalue weighted by atomic mass is 16.5. The number of ether oxygens (including phenoxy) is 1. The van der Waals surface area contributed by atoms with E-state index < -0.39 is 0 Å². The monoisotopic (exact) mass is 274 g/mol. The Morgan fingerprint density at radius 2 is 2.10 bits per heavy atom. The molecule has 3 nitrogen and oxygen atoms in total. The standard InChI is InChI=1S/C17H26N2O/c1-12-9-19(10-13(2)20-12)16-5-3-14(4-6-16)17-7-15(17)8-18-11-17/h3-5,12-13,15-16,18H,6-11H2,1-2H3. The number of allylic oxidation sites excluding steroid dienone is 1. The first kappa shape index (κ1) is 13.1. The molecule has 0 aromatic carbocycles. The number of fused-ring (bicyclic) bond motifs is 1. The van der Waals surface area contributed by atoms with Crippen LogP contribution in [0.3, 0.4) is 0 Å². The van der Waals surface area contributed by atoms with Gasteiger partial charge in [0.1, 0.15) is 0 Å². The second-order valence-electron chi connectivity index (χ2n) is 7.22. The summed E-state index contributed by atoms with van der Waals surface area (Å²) in [6.45, 7) is 8.94. The van der Waals surface area contributed by atoms with Crippen molar-refractivity contribution in [1.29, 1.82) is 0 Å². The molecule has 2 saturated heterocycles. The van der Waals surface area contributed by atoms with Crippen molar-refractivity contribution in [3.63, 3.8) is 0 Å². The van der Waals surface area contributed by atoms with E-state index in [2.05, 4.69) is 42.3 Å². The number of morpholine rings is 1. The topological polar surface area (TPSA) is 24.5 Å². The molecule has 3 heteroatoms. The Labute approximate surface area is 122 Å². The summed E-state index contributed by atoms with van der Waals surface area (Å²) < 4.78 is 5.84. The minimum absolute atomic E-state index is 0.364. The predicted molar refractivity (Wildman–Crippen MR) is 80.6 cm³/mol. The van der Waals surface area contributed by atoms with Crippen LogP contribution in [0.25, 0.3) is 0 Å². The molecule has 0 aromatic heterocycles. The van der Waals surface area contributed by atoms with Crippen molar-refractivity contribution >= 4 is 0 Å². The number of nitrogens with one attached hydrogen (secondary N) is 1. The highest BCUT2D eigenvalue weighted by Gasteiger charge is 2.58. The van der Waals surface area contributed by atoms with Gasteiger partial charge in [0.15, 0.2) is 0 Å². The summed E-state index contributed by atoms with van der Waals surface area (Å²) in [4.78, 5) is 2.59. The fraction of sp³-hybridized carbons (Fsp3) is 0.765. The maximum Gasteiger partial charge on any atom is 0.0678 e. The first-order valence-electron chi connectivity index (χ1n) is 8.16. The van der Waals surface area contributed by atoms with Gasteiger partial charge < -0.3 is 10.1 Å². The van der Waals surface area contributed by atoms with E-state index >= 15 is 0 Å². The highest BCUT2D eigenvalue weighted by Crippen LogP contribution is 2.60. The molecular weight excluding hydrogens is 248 g/mol. The Balaban J connectivity index is 1.42. The number of piperidine rings is 1. The number of nitrogens with zero attached hydrogens (tertiary/aromatic N) is 1. The molecule has 0 radical (unpaired) electrons. The molecule has 0 spiro atoms. The van der Waals surface area contributed by atoms with E-state index in [1.54, 1.807) is 5.57 Å². The largest absolute Gasteiger partial charge is 0.373 e. The molecule has 2 aliphatic carbocycles. The smallest absolute Gasteiger partial charge is 0.0678 e. The third-order valence-corrected chi connectivity index (χ3v) is 5.63. The van der Waals surface area contributed by atoms with Crippen molar-refractivity contribution in [2.75, 3.05) is 26.2 Å². The lowest BCUT2D eigenvalue weighted by Crippen LogP contribution is -2.49. The highest BCUT2D eigenvalue weighted by molar-refractivity contribution is 5.39. The molecule has 110 valence electrons. The van der Waals surface area contributed by atoms with Gasteiger partial charge in [-0.15, -0.1) is 0 Å². The van der Waals surface area contributed by atoms with Crippen molar-refractivity contribution in [3.05, 3.63) is 23.8 Å². The van der Waals surface area contributed by atoms with Gasteiger partial charge in [-0.2, -0.15) is 0 Å². The van der Waals surface area contributed by atoms with E-state index in [0.29, 0.717) is 23.7 Å². The molecule has 0 bridgehead atoms. The van der Waals surface area contributed by atoms with Gasteiger partial charge in [-0.3, -0.25) is 4.90 Å². The van der Waals surface area contributed by atoms with Crippen LogP contribution in [0.5, 0.6) is 0 Å². The van der Waals surface area contributed by atoms with Crippen molar-refractivity contribution < 1.29 is 4.74 Å². The zero-order chi connectivity index (χ0) is 13.7. The molecule has 0 amide bonds. The predicted octanol–water partition coefficient (Wildman–Crippen LogP) is 1.96. The molecule has 0 aromatic rings. The minimum Gasteiger partial charge on any atom is -0.373 e. The zero-order valence-corrected chi connectivity index (χ0v) is 12.6. The fourth-order valence-corrected chi connectivity index (χ4v) is 4.53. The van der Waals surface area contributed by atoms with Crippen LogP contribution in [0.15, 0.2) is 23.8 Å². The van der Waals surface area contributed by atoms with Crippen LogP contribution >= 0.6 is 0 Å². The van der Waals surface area contributed by atoms with Gasteiger partial charge in [-0.25, -0.2) is 0 Å². The quantitative estimate of drug-likeness (QED) is 0.833. The van der Waals surface area contributed by atoms with E-state index in [1.807, 2.05) is 0 Å². The van der Waals surface area contributed by atoms with E-state index in [1.165, 1.54) is 25.9 Å². The summed E-state index contributed by atoms with van der Waals surface area (Å²) in [5.74, 6) is 0.915. The average molecular weight is 274 g/mol. The second kappa shape index (κ2) is 4.69. The van der Waals surface area contributed by atoms with E-state index in [-0.39, 0.29) is 0 Å². The van der Waals surface area contributed by atoms with Crippen LogP contribution in [0.2, 0.25) is 0 Å². The SMILES string of the molecule is CC1CN(C2C=CC(C34CNCC3C4)=CC2)CC(C)O1. The fourth-order valence-electron chi connectivity index (χ4n) is 4.53. The Hall–Kier alpha value is -0.640. The summed E-state index contributed by atoms with van der Waals surface area (Å²) in [7, 11) is 0. The van der Waals surface area contributed by atoms with Gasteiger partial charge in [0.05, 0.1) is 12.2 Å². The van der Waals surface area contributed by atoms with Crippen LogP contribution in [-0.4, -0.2) is 49.3 Å². The molecule has 2 aliphatic heterocycles. The molecule has 5 unspecified atom stereocenters. The van der Waals surface area contributed by atoms with Gasteiger partial charge in [-0.1, -0.05) is 18.2 Å². The molecule has 1 saturated carbocycles. The van der Waals surface area contributed by atoms with Gasteiger partial charge in [0.25, 0.3) is 0 Å². The Bertz CT molecular complexity index is 448. The Morgan fingerprint density at radius 3 is 2.65 bits per heavy atom. The van der Waals surface area contributed by atoms with E-state index in [4.69, 9.17) is 4.74 Å². The van der Waals surface area contributed by atoms with Crippen molar-refractivity contribution in [3.8, 4) is 0 Å². The maximum atomic E-state index is 5.84. The average Bonchev–Trinajstić information content (AvgIpc) is 3.00. The molecule has 4 rings (SSSR count). The van der Waals surface area contributed by atoms with Gasteiger partial charge in [0.2, 0.25) is 0 Å². The molecule has 3 fully saturated rings. The Kier molecular flexibility index (Phi) is 3.06. The minimum atomic E-state index is 0.364. The summed E-state index contributed by atoms with van der Waals surface area (Å²) in [5.41, 5.74) is 2.13. The molecule has 1 N–H and O–H groups in total. The summed E-state index contributed by atoms with van der Waals surface area (Å²) in [6, 6.07) is 0.579. The molecule has 2 heterocycles. The third-order valence-electron chi connectivity index (χ3n) is 5.63. The first-order valence-corrected chi connectivity index (χ1v) is 8.16. The third kappa shape index (κ3) is 2.07. The molecule has 4 aliphatic rings. The number of rotatable bonds is 2. The normalized spacial score (nSPS) is 48.0. The Morgan fingerprint density at radius 1 is 1.30 bits per heavy atom. The maximum absolute atomic E-state index is 5.84. The molecule has 20 heavy (non-hydrogen) atoms.